The molecule has 0 saturated heterocycles. The van der Waals surface area contributed by atoms with Gasteiger partial charge in [0.1, 0.15) is 13.2 Å². The lowest BCUT2D eigenvalue weighted by Crippen LogP contribution is -2.30. The van der Waals surface area contributed by atoms with Gasteiger partial charge in [0.15, 0.2) is 6.10 Å². The van der Waals surface area contributed by atoms with Crippen molar-refractivity contribution in [3.63, 3.8) is 0 Å². The number of carbonyl (C=O) groups is 3. The number of unbranched alkanes of at least 4 members (excludes halogenated alkanes) is 52. The summed E-state index contributed by atoms with van der Waals surface area (Å²) in [5.41, 5.74) is 0. The Balaban J connectivity index is 3.93. The van der Waals surface area contributed by atoms with Crippen molar-refractivity contribution in [1.82, 2.24) is 0 Å². The van der Waals surface area contributed by atoms with Crippen molar-refractivity contribution in [3.8, 4) is 0 Å². The van der Waals surface area contributed by atoms with Crippen molar-refractivity contribution in [2.45, 2.75) is 399 Å². The molecule has 0 aliphatic carbocycles. The predicted molar refractivity (Wildman–Crippen MR) is 317 cm³/mol. The first-order valence-electron chi connectivity index (χ1n) is 33.5. The van der Waals surface area contributed by atoms with Crippen LogP contribution in [0.25, 0.3) is 0 Å². The summed E-state index contributed by atoms with van der Waals surface area (Å²) in [6.45, 7) is 6.66. The summed E-state index contributed by atoms with van der Waals surface area (Å²) in [6, 6.07) is 0. The highest BCUT2D eigenvalue weighted by Gasteiger charge is 2.19. The maximum atomic E-state index is 12.8. The molecule has 0 heterocycles. The van der Waals surface area contributed by atoms with E-state index >= 15 is 0 Å². The molecule has 0 spiro atoms. The van der Waals surface area contributed by atoms with E-state index in [0.717, 1.165) is 57.8 Å². The molecule has 1 unspecified atom stereocenters. The van der Waals surface area contributed by atoms with Gasteiger partial charge in [-0.3, -0.25) is 14.4 Å². The van der Waals surface area contributed by atoms with Crippen molar-refractivity contribution >= 4 is 17.9 Å². The summed E-state index contributed by atoms with van der Waals surface area (Å²) >= 11 is 0. The van der Waals surface area contributed by atoms with E-state index in [1.54, 1.807) is 0 Å². The Morgan fingerprint density at radius 2 is 0.370 bits per heavy atom. The summed E-state index contributed by atoms with van der Waals surface area (Å²) in [4.78, 5) is 38.0. The van der Waals surface area contributed by atoms with Crippen LogP contribution in [0.3, 0.4) is 0 Å². The van der Waals surface area contributed by atoms with Crippen LogP contribution >= 0.6 is 0 Å². The Morgan fingerprint density at radius 3 is 0.548 bits per heavy atom. The molecule has 0 N–H and O–H groups in total. The van der Waals surface area contributed by atoms with Gasteiger partial charge in [-0.05, 0) is 19.3 Å². The molecule has 73 heavy (non-hydrogen) atoms. The normalized spacial score (nSPS) is 11.9. The van der Waals surface area contributed by atoms with Crippen molar-refractivity contribution in [1.29, 1.82) is 0 Å². The first-order chi connectivity index (χ1) is 36.0. The van der Waals surface area contributed by atoms with E-state index in [2.05, 4.69) is 20.8 Å². The van der Waals surface area contributed by atoms with Gasteiger partial charge in [-0.25, -0.2) is 0 Å². The standard InChI is InChI=1S/C67H130O6/c1-4-7-10-13-16-18-20-22-24-26-28-29-30-31-32-33-34-35-36-37-38-40-41-43-45-47-49-51-54-57-60-66(69)72-63-64(62-71-65(68)59-56-53-15-12-9-6-3)73-67(70)61-58-55-52-50-48-46-44-42-39-27-25-23-21-19-17-14-11-8-5-2/h64H,4-63H2,1-3H3. The molecule has 434 valence electrons. The minimum absolute atomic E-state index is 0.0619. The lowest BCUT2D eigenvalue weighted by molar-refractivity contribution is -0.167. The fraction of sp³-hybridized carbons (Fsp3) is 0.955. The number of ether oxygens (including phenoxy) is 3. The van der Waals surface area contributed by atoms with Crippen LogP contribution in [0.4, 0.5) is 0 Å². The van der Waals surface area contributed by atoms with Crippen molar-refractivity contribution < 1.29 is 28.6 Å². The summed E-state index contributed by atoms with van der Waals surface area (Å²) < 4.78 is 16.8. The van der Waals surface area contributed by atoms with E-state index in [1.165, 1.54) is 295 Å². The number of esters is 3. The zero-order valence-corrected chi connectivity index (χ0v) is 50.0. The number of carbonyl (C=O) groups excluding carboxylic acids is 3. The second kappa shape index (κ2) is 62.9. The third-order valence-electron chi connectivity index (χ3n) is 15.6. The summed E-state index contributed by atoms with van der Waals surface area (Å²) in [7, 11) is 0. The highest BCUT2D eigenvalue weighted by molar-refractivity contribution is 5.71. The van der Waals surface area contributed by atoms with Crippen LogP contribution < -0.4 is 0 Å². The van der Waals surface area contributed by atoms with Crippen molar-refractivity contribution in [2.24, 2.45) is 0 Å². The lowest BCUT2D eigenvalue weighted by Gasteiger charge is -2.18. The first kappa shape index (κ1) is 71.4. The van der Waals surface area contributed by atoms with Crippen LogP contribution in [-0.2, 0) is 28.6 Å². The van der Waals surface area contributed by atoms with Gasteiger partial charge in [-0.1, -0.05) is 355 Å². The molecule has 0 aliphatic rings. The minimum Gasteiger partial charge on any atom is -0.462 e. The average molecular weight is 1030 g/mol. The summed E-state index contributed by atoms with van der Waals surface area (Å²) in [5, 5.41) is 0. The fourth-order valence-electron chi connectivity index (χ4n) is 10.6. The number of rotatable bonds is 63. The first-order valence-corrected chi connectivity index (χ1v) is 33.5. The van der Waals surface area contributed by atoms with E-state index in [1.807, 2.05) is 0 Å². The Kier molecular flexibility index (Phi) is 61.6. The second-order valence-corrected chi connectivity index (χ2v) is 23.1. The van der Waals surface area contributed by atoms with Crippen molar-refractivity contribution in [2.75, 3.05) is 13.2 Å². The zero-order valence-electron chi connectivity index (χ0n) is 50.0. The average Bonchev–Trinajstić information content (AvgIpc) is 3.39. The smallest absolute Gasteiger partial charge is 0.306 e. The molecule has 0 rings (SSSR count). The molecule has 0 aromatic carbocycles. The Labute approximate surface area is 457 Å². The molecule has 0 radical (unpaired) electrons. The summed E-state index contributed by atoms with van der Waals surface area (Å²) in [6.07, 6.45) is 73.2. The van der Waals surface area contributed by atoms with E-state index < -0.39 is 6.10 Å². The quantitative estimate of drug-likeness (QED) is 0.0343. The largest absolute Gasteiger partial charge is 0.462 e. The molecular formula is C67H130O6. The molecule has 0 amide bonds. The van der Waals surface area contributed by atoms with Crippen LogP contribution in [0, 0.1) is 0 Å². The van der Waals surface area contributed by atoms with Crippen molar-refractivity contribution in [3.05, 3.63) is 0 Å². The van der Waals surface area contributed by atoms with Gasteiger partial charge in [-0.15, -0.1) is 0 Å². The maximum Gasteiger partial charge on any atom is 0.306 e. The lowest BCUT2D eigenvalue weighted by atomic mass is 10.0. The maximum absolute atomic E-state index is 12.8. The van der Waals surface area contributed by atoms with Gasteiger partial charge in [0, 0.05) is 19.3 Å². The van der Waals surface area contributed by atoms with Crippen LogP contribution in [0.2, 0.25) is 0 Å². The monoisotopic (exact) mass is 1030 g/mol. The molecule has 0 saturated carbocycles. The van der Waals surface area contributed by atoms with Gasteiger partial charge >= 0.3 is 17.9 Å². The Morgan fingerprint density at radius 1 is 0.219 bits per heavy atom. The van der Waals surface area contributed by atoms with E-state index in [-0.39, 0.29) is 31.1 Å². The summed E-state index contributed by atoms with van der Waals surface area (Å²) in [5.74, 6) is -0.840. The van der Waals surface area contributed by atoms with Crippen LogP contribution in [0.5, 0.6) is 0 Å². The molecule has 0 bridgehead atoms. The van der Waals surface area contributed by atoms with Crippen LogP contribution in [0.1, 0.15) is 393 Å². The topological polar surface area (TPSA) is 78.9 Å². The molecule has 0 aliphatic heterocycles. The highest BCUT2D eigenvalue weighted by atomic mass is 16.6. The van der Waals surface area contributed by atoms with Gasteiger partial charge in [0.25, 0.3) is 0 Å². The number of hydrogen-bond acceptors (Lipinski definition) is 6. The predicted octanol–water partition coefficient (Wildman–Crippen LogP) is 22.7. The van der Waals surface area contributed by atoms with E-state index in [4.69, 9.17) is 14.2 Å². The molecule has 6 heteroatoms. The van der Waals surface area contributed by atoms with Gasteiger partial charge < -0.3 is 14.2 Å². The third-order valence-corrected chi connectivity index (χ3v) is 15.6. The zero-order chi connectivity index (χ0) is 52.9. The second-order valence-electron chi connectivity index (χ2n) is 23.1. The van der Waals surface area contributed by atoms with E-state index in [9.17, 15) is 14.4 Å². The Bertz CT molecular complexity index is 1090. The molecule has 0 fully saturated rings. The van der Waals surface area contributed by atoms with Gasteiger partial charge in [0.05, 0.1) is 0 Å². The molecule has 6 nitrogen and oxygen atoms in total. The fourth-order valence-corrected chi connectivity index (χ4v) is 10.6. The highest BCUT2D eigenvalue weighted by Crippen LogP contribution is 2.19. The number of hydrogen-bond donors (Lipinski definition) is 0. The molecule has 0 aromatic rings. The molecule has 0 aromatic heterocycles. The van der Waals surface area contributed by atoms with Gasteiger partial charge in [-0.2, -0.15) is 0 Å². The van der Waals surface area contributed by atoms with Crippen LogP contribution in [-0.4, -0.2) is 37.2 Å². The third kappa shape index (κ3) is 61.1. The molecular weight excluding hydrogens is 901 g/mol. The minimum atomic E-state index is -0.760. The van der Waals surface area contributed by atoms with E-state index in [0.29, 0.717) is 19.3 Å². The SMILES string of the molecule is CCCCCCCCCCCCCCCCCCCCCCCCCCCCCCCCC(=O)OCC(COC(=O)CCCCCCCC)OC(=O)CCCCCCCCCCCCCCCCCCCCC. The Hall–Kier alpha value is -1.59. The molecule has 1 atom stereocenters. The van der Waals surface area contributed by atoms with Crippen LogP contribution in [0.15, 0.2) is 0 Å². The van der Waals surface area contributed by atoms with Gasteiger partial charge in [0.2, 0.25) is 0 Å².